The van der Waals surface area contributed by atoms with Gasteiger partial charge in [-0.15, -0.1) is 0 Å². The molecule has 6 nitrogen and oxygen atoms in total. The maximum Gasteiger partial charge on any atom is 0.123 e. The fourth-order valence-corrected chi connectivity index (χ4v) is 4.84. The highest BCUT2D eigenvalue weighted by Crippen LogP contribution is 2.32. The van der Waals surface area contributed by atoms with Gasteiger partial charge in [0.1, 0.15) is 11.5 Å². The van der Waals surface area contributed by atoms with Gasteiger partial charge in [0, 0.05) is 44.8 Å². The lowest BCUT2D eigenvalue weighted by Crippen LogP contribution is -2.48. The molecule has 1 aliphatic carbocycles. The number of aliphatic hydroxyl groups excluding tert-OH is 1. The Kier molecular flexibility index (Phi) is 8.03. The van der Waals surface area contributed by atoms with Crippen LogP contribution in [0.2, 0.25) is 0 Å². The molecule has 1 saturated heterocycles. The van der Waals surface area contributed by atoms with Crippen LogP contribution in [0.15, 0.2) is 42.5 Å². The SMILES string of the molecule is COc1ccc(OC)c(CN2CCN(C[C@@H](O)CO[C@@H]3CCCc4ccccc43)CC2)c1. The van der Waals surface area contributed by atoms with Crippen molar-refractivity contribution in [3.05, 3.63) is 59.2 Å². The number of benzene rings is 2. The van der Waals surface area contributed by atoms with Crippen LogP contribution in [0.5, 0.6) is 11.5 Å². The van der Waals surface area contributed by atoms with E-state index in [1.54, 1.807) is 14.2 Å². The van der Waals surface area contributed by atoms with Crippen molar-refractivity contribution < 1.29 is 19.3 Å². The molecule has 1 aliphatic heterocycles. The van der Waals surface area contributed by atoms with Crippen molar-refractivity contribution in [1.29, 1.82) is 0 Å². The molecule has 1 heterocycles. The van der Waals surface area contributed by atoms with E-state index in [-0.39, 0.29) is 6.10 Å². The Balaban J connectivity index is 1.22. The van der Waals surface area contributed by atoms with Gasteiger partial charge in [-0.3, -0.25) is 9.80 Å². The lowest BCUT2D eigenvalue weighted by atomic mass is 9.89. The van der Waals surface area contributed by atoms with Crippen molar-refractivity contribution in [1.82, 2.24) is 9.80 Å². The third-order valence-electron chi connectivity index (χ3n) is 6.62. The Bertz CT molecular complexity index is 867. The number of piperazine rings is 1. The van der Waals surface area contributed by atoms with Crippen LogP contribution in [0.1, 0.15) is 35.6 Å². The highest BCUT2D eigenvalue weighted by Gasteiger charge is 2.23. The standard InChI is InChI=1S/C26H36N2O4/c1-30-23-10-11-25(31-2)21(16-23)17-27-12-14-28(15-13-27)18-22(29)19-32-26-9-5-7-20-6-3-4-8-24(20)26/h3-4,6,8,10-11,16,22,26,29H,5,7,9,12-15,17-19H2,1-2H3/t22-,26-/m1/s1. The lowest BCUT2D eigenvalue weighted by molar-refractivity contribution is -0.0325. The quantitative estimate of drug-likeness (QED) is 0.646. The van der Waals surface area contributed by atoms with E-state index in [2.05, 4.69) is 40.1 Å². The molecule has 0 aromatic heterocycles. The van der Waals surface area contributed by atoms with Gasteiger partial charge in [-0.1, -0.05) is 24.3 Å². The number of β-amino-alcohol motifs (C(OH)–C–C–N with tert-alkyl or cyclic N) is 1. The van der Waals surface area contributed by atoms with Crippen molar-refractivity contribution in [2.45, 2.75) is 38.0 Å². The maximum atomic E-state index is 10.6. The highest BCUT2D eigenvalue weighted by molar-refractivity contribution is 5.40. The second-order valence-electron chi connectivity index (χ2n) is 8.82. The van der Waals surface area contributed by atoms with Crippen LogP contribution in [0.3, 0.4) is 0 Å². The molecule has 2 aliphatic rings. The van der Waals surface area contributed by atoms with Crippen LogP contribution >= 0.6 is 0 Å². The summed E-state index contributed by atoms with van der Waals surface area (Å²) in [6, 6.07) is 14.5. The first-order valence-corrected chi connectivity index (χ1v) is 11.7. The van der Waals surface area contributed by atoms with Gasteiger partial charge in [0.15, 0.2) is 0 Å². The predicted octanol–water partition coefficient (Wildman–Crippen LogP) is 3.28. The molecule has 0 saturated carbocycles. The summed E-state index contributed by atoms with van der Waals surface area (Å²) < 4.78 is 17.0. The zero-order valence-electron chi connectivity index (χ0n) is 19.3. The molecule has 1 fully saturated rings. The molecule has 2 atom stereocenters. The van der Waals surface area contributed by atoms with Crippen LogP contribution in [-0.2, 0) is 17.7 Å². The number of rotatable bonds is 9. The number of aliphatic hydroxyl groups is 1. The van der Waals surface area contributed by atoms with E-state index in [9.17, 15) is 5.11 Å². The number of ether oxygens (including phenoxy) is 3. The third kappa shape index (κ3) is 5.81. The Labute approximate surface area is 191 Å². The van der Waals surface area contributed by atoms with E-state index in [0.717, 1.165) is 69.0 Å². The second-order valence-corrected chi connectivity index (χ2v) is 8.82. The average molecular weight is 441 g/mol. The second kappa shape index (κ2) is 11.1. The van der Waals surface area contributed by atoms with Crippen LogP contribution in [0, 0.1) is 0 Å². The molecule has 0 spiro atoms. The predicted molar refractivity (Wildman–Crippen MR) is 125 cm³/mol. The molecule has 0 amide bonds. The van der Waals surface area contributed by atoms with Crippen LogP contribution in [-0.4, -0.2) is 74.6 Å². The zero-order chi connectivity index (χ0) is 22.3. The summed E-state index contributed by atoms with van der Waals surface area (Å²) in [5.41, 5.74) is 3.83. The van der Waals surface area contributed by atoms with Crippen LogP contribution in [0.4, 0.5) is 0 Å². The number of fused-ring (bicyclic) bond motifs is 1. The monoisotopic (exact) mass is 440 g/mol. The Hall–Kier alpha value is -2.12. The van der Waals surface area contributed by atoms with Gasteiger partial charge in [0.25, 0.3) is 0 Å². The highest BCUT2D eigenvalue weighted by atomic mass is 16.5. The van der Waals surface area contributed by atoms with Gasteiger partial charge in [0.2, 0.25) is 0 Å². The summed E-state index contributed by atoms with van der Waals surface area (Å²) in [7, 11) is 3.39. The summed E-state index contributed by atoms with van der Waals surface area (Å²) in [5.74, 6) is 1.74. The fraction of sp³-hybridized carbons (Fsp3) is 0.538. The Morgan fingerprint density at radius 2 is 1.78 bits per heavy atom. The van der Waals surface area contributed by atoms with Crippen molar-refractivity contribution in [2.75, 3.05) is 53.6 Å². The molecular formula is C26H36N2O4. The van der Waals surface area contributed by atoms with E-state index in [0.29, 0.717) is 13.2 Å². The summed E-state index contributed by atoms with van der Waals surface area (Å²) in [5, 5.41) is 10.6. The summed E-state index contributed by atoms with van der Waals surface area (Å²) in [6.45, 7) is 5.69. The first-order chi connectivity index (χ1) is 15.7. The minimum Gasteiger partial charge on any atom is -0.497 e. The maximum absolute atomic E-state index is 10.6. The summed E-state index contributed by atoms with van der Waals surface area (Å²) in [6.07, 6.45) is 2.97. The number of hydrogen-bond donors (Lipinski definition) is 1. The van der Waals surface area contributed by atoms with Crippen molar-refractivity contribution in [3.63, 3.8) is 0 Å². The van der Waals surface area contributed by atoms with Crippen molar-refractivity contribution >= 4 is 0 Å². The number of hydrogen-bond acceptors (Lipinski definition) is 6. The Morgan fingerprint density at radius 1 is 1.00 bits per heavy atom. The van der Waals surface area contributed by atoms with Gasteiger partial charge in [-0.05, 0) is 48.6 Å². The summed E-state index contributed by atoms with van der Waals surface area (Å²) in [4.78, 5) is 4.76. The fourth-order valence-electron chi connectivity index (χ4n) is 4.84. The van der Waals surface area contributed by atoms with Crippen LogP contribution in [0.25, 0.3) is 0 Å². The van der Waals surface area contributed by atoms with E-state index < -0.39 is 6.10 Å². The van der Waals surface area contributed by atoms with Gasteiger partial charge in [0.05, 0.1) is 33.0 Å². The normalized spacial score (nSPS) is 20.5. The van der Waals surface area contributed by atoms with Gasteiger partial charge in [-0.2, -0.15) is 0 Å². The van der Waals surface area contributed by atoms with Gasteiger partial charge >= 0.3 is 0 Å². The molecule has 2 aromatic rings. The smallest absolute Gasteiger partial charge is 0.123 e. The topological polar surface area (TPSA) is 54.4 Å². The molecule has 4 rings (SSSR count). The van der Waals surface area contributed by atoms with E-state index >= 15 is 0 Å². The van der Waals surface area contributed by atoms with Crippen LogP contribution < -0.4 is 9.47 Å². The van der Waals surface area contributed by atoms with Gasteiger partial charge in [-0.25, -0.2) is 0 Å². The zero-order valence-corrected chi connectivity index (χ0v) is 19.3. The van der Waals surface area contributed by atoms with E-state index in [4.69, 9.17) is 14.2 Å². The molecule has 6 heteroatoms. The first kappa shape index (κ1) is 23.1. The van der Waals surface area contributed by atoms with E-state index in [1.165, 1.54) is 11.1 Å². The molecule has 0 radical (unpaired) electrons. The molecule has 0 unspecified atom stereocenters. The molecule has 1 N–H and O–H groups in total. The summed E-state index contributed by atoms with van der Waals surface area (Å²) >= 11 is 0. The first-order valence-electron chi connectivity index (χ1n) is 11.7. The minimum absolute atomic E-state index is 0.115. The molecule has 174 valence electrons. The lowest BCUT2D eigenvalue weighted by Gasteiger charge is -2.36. The van der Waals surface area contributed by atoms with E-state index in [1.807, 2.05) is 12.1 Å². The number of aryl methyl sites for hydroxylation is 1. The molecule has 32 heavy (non-hydrogen) atoms. The number of methoxy groups -OCH3 is 2. The number of nitrogens with zero attached hydrogens (tertiary/aromatic N) is 2. The third-order valence-corrected chi connectivity index (χ3v) is 6.62. The molecule has 2 aromatic carbocycles. The van der Waals surface area contributed by atoms with Crippen molar-refractivity contribution in [3.8, 4) is 11.5 Å². The largest absolute Gasteiger partial charge is 0.497 e. The van der Waals surface area contributed by atoms with Gasteiger partial charge < -0.3 is 19.3 Å². The Morgan fingerprint density at radius 3 is 2.56 bits per heavy atom. The molecule has 0 bridgehead atoms. The van der Waals surface area contributed by atoms with Crippen molar-refractivity contribution in [2.24, 2.45) is 0 Å². The minimum atomic E-state index is -0.464. The molecular weight excluding hydrogens is 404 g/mol. The average Bonchev–Trinajstić information content (AvgIpc) is 2.84.